The summed E-state index contributed by atoms with van der Waals surface area (Å²) in [4.78, 5) is 20.8. The second-order valence-electron chi connectivity index (χ2n) is 2.19. The summed E-state index contributed by atoms with van der Waals surface area (Å²) in [5.74, 6) is -0.745. The fraction of sp³-hybridized carbons (Fsp3) is 0.600. The van der Waals surface area contributed by atoms with Gasteiger partial charge in [-0.25, -0.2) is 0 Å². The molecule has 0 bridgehead atoms. The van der Waals surface area contributed by atoms with Crippen LogP contribution in [0.15, 0.2) is 0 Å². The highest BCUT2D eigenvalue weighted by molar-refractivity contribution is 6.00. The number of fused-ring (bicyclic) bond motifs is 1. The summed E-state index contributed by atoms with van der Waals surface area (Å²) < 4.78 is 4.25. The maximum Gasteiger partial charge on any atom is 0.317 e. The first-order chi connectivity index (χ1) is 3.79. The Balaban J connectivity index is 2.31. The molecular formula is C5H4O3. The summed E-state index contributed by atoms with van der Waals surface area (Å²) >= 11 is 0. The topological polar surface area (TPSA) is 43.4 Å². The van der Waals surface area contributed by atoms with Crippen molar-refractivity contribution in [1.82, 2.24) is 0 Å². The minimum absolute atomic E-state index is 0.0532. The average Bonchev–Trinajstić information content (AvgIpc) is 2.35. The van der Waals surface area contributed by atoms with E-state index < -0.39 is 0 Å². The van der Waals surface area contributed by atoms with Gasteiger partial charge in [0.05, 0.1) is 11.8 Å². The molecule has 0 spiro atoms. The molecule has 2 aliphatic rings. The lowest BCUT2D eigenvalue weighted by Gasteiger charge is -1.87. The quantitative estimate of drug-likeness (QED) is 0.319. The van der Waals surface area contributed by atoms with E-state index >= 15 is 0 Å². The molecule has 2 fully saturated rings. The van der Waals surface area contributed by atoms with Crippen molar-refractivity contribution >= 4 is 11.9 Å². The molecule has 1 saturated heterocycles. The highest BCUT2D eigenvalue weighted by Gasteiger charge is 2.57. The van der Waals surface area contributed by atoms with Crippen LogP contribution in [0.3, 0.4) is 0 Å². The van der Waals surface area contributed by atoms with Crippen LogP contribution in [0, 0.1) is 11.8 Å². The lowest BCUT2D eigenvalue weighted by Crippen LogP contribution is -2.03. The van der Waals surface area contributed by atoms with E-state index in [0.717, 1.165) is 6.42 Å². The van der Waals surface area contributed by atoms with Crippen LogP contribution < -0.4 is 0 Å². The molecule has 42 valence electrons. The smallest absolute Gasteiger partial charge is 0.317 e. The van der Waals surface area contributed by atoms with Gasteiger partial charge in [-0.15, -0.1) is 0 Å². The second kappa shape index (κ2) is 0.940. The SMILES string of the molecule is O=C1OC(=O)[C@H]2CC12. The van der Waals surface area contributed by atoms with Gasteiger partial charge < -0.3 is 4.74 Å². The van der Waals surface area contributed by atoms with Crippen molar-refractivity contribution in [3.05, 3.63) is 0 Å². The van der Waals surface area contributed by atoms with Gasteiger partial charge in [-0.3, -0.25) is 9.59 Å². The minimum Gasteiger partial charge on any atom is -0.393 e. The Hall–Kier alpha value is -0.860. The lowest BCUT2D eigenvalue weighted by atomic mass is 10.4. The molecule has 0 aromatic heterocycles. The first kappa shape index (κ1) is 4.06. The van der Waals surface area contributed by atoms with Crippen LogP contribution in [-0.4, -0.2) is 11.9 Å². The third kappa shape index (κ3) is 0.300. The van der Waals surface area contributed by atoms with Crippen molar-refractivity contribution in [3.8, 4) is 0 Å². The Morgan fingerprint density at radius 1 is 1.25 bits per heavy atom. The summed E-state index contributed by atoms with van der Waals surface area (Å²) in [7, 11) is 0. The van der Waals surface area contributed by atoms with Crippen molar-refractivity contribution in [2.75, 3.05) is 0 Å². The molecule has 1 aliphatic carbocycles. The van der Waals surface area contributed by atoms with Gasteiger partial charge in [-0.05, 0) is 6.42 Å². The molecule has 3 heteroatoms. The standard InChI is InChI=1S/C5H4O3/c6-4-2-1-3(2)5(7)8-4/h2-3H,1H2/t2-,3?/m0/s1. The minimum atomic E-state index is -0.319. The summed E-state index contributed by atoms with van der Waals surface area (Å²) in [5.41, 5.74) is 0. The van der Waals surface area contributed by atoms with Crippen LogP contribution in [0.25, 0.3) is 0 Å². The van der Waals surface area contributed by atoms with Gasteiger partial charge in [-0.1, -0.05) is 0 Å². The van der Waals surface area contributed by atoms with E-state index in [4.69, 9.17) is 0 Å². The first-order valence-electron chi connectivity index (χ1n) is 2.54. The van der Waals surface area contributed by atoms with Crippen LogP contribution in [0.2, 0.25) is 0 Å². The van der Waals surface area contributed by atoms with Crippen molar-refractivity contribution in [2.24, 2.45) is 11.8 Å². The lowest BCUT2D eigenvalue weighted by molar-refractivity contribution is -0.155. The zero-order valence-electron chi connectivity index (χ0n) is 4.09. The molecule has 2 rings (SSSR count). The second-order valence-corrected chi connectivity index (χ2v) is 2.19. The third-order valence-corrected chi connectivity index (χ3v) is 1.60. The fourth-order valence-electron chi connectivity index (χ4n) is 0.967. The number of hydrogen-bond acceptors (Lipinski definition) is 3. The number of esters is 2. The molecule has 1 aliphatic heterocycles. The Morgan fingerprint density at radius 3 is 1.88 bits per heavy atom. The molecule has 8 heavy (non-hydrogen) atoms. The van der Waals surface area contributed by atoms with Gasteiger partial charge in [0.2, 0.25) is 0 Å². The van der Waals surface area contributed by atoms with E-state index in [0.29, 0.717) is 0 Å². The molecule has 1 unspecified atom stereocenters. The Kier molecular flexibility index (Phi) is 0.477. The van der Waals surface area contributed by atoms with Gasteiger partial charge in [-0.2, -0.15) is 0 Å². The van der Waals surface area contributed by atoms with Crippen LogP contribution in [0.4, 0.5) is 0 Å². The Morgan fingerprint density at radius 2 is 1.75 bits per heavy atom. The zero-order valence-corrected chi connectivity index (χ0v) is 4.09. The van der Waals surface area contributed by atoms with E-state index in [1.165, 1.54) is 0 Å². The maximum absolute atomic E-state index is 10.4. The number of rotatable bonds is 0. The average molecular weight is 112 g/mol. The molecule has 2 atom stereocenters. The Labute approximate surface area is 45.6 Å². The number of ether oxygens (including phenoxy) is 1. The van der Waals surface area contributed by atoms with Gasteiger partial charge in [0.15, 0.2) is 0 Å². The number of carbonyl (C=O) groups is 2. The molecule has 0 radical (unpaired) electrons. The molecule has 0 amide bonds. The molecule has 3 nitrogen and oxygen atoms in total. The highest BCUT2D eigenvalue weighted by Crippen LogP contribution is 2.45. The van der Waals surface area contributed by atoms with Gasteiger partial charge in [0, 0.05) is 0 Å². The summed E-state index contributed by atoms with van der Waals surface area (Å²) in [6, 6.07) is 0. The molecule has 0 aromatic rings. The largest absolute Gasteiger partial charge is 0.393 e. The van der Waals surface area contributed by atoms with E-state index in [1.54, 1.807) is 0 Å². The van der Waals surface area contributed by atoms with Crippen LogP contribution >= 0.6 is 0 Å². The van der Waals surface area contributed by atoms with Crippen molar-refractivity contribution in [1.29, 1.82) is 0 Å². The van der Waals surface area contributed by atoms with Crippen molar-refractivity contribution < 1.29 is 14.3 Å². The predicted molar refractivity (Wildman–Crippen MR) is 22.7 cm³/mol. The van der Waals surface area contributed by atoms with Crippen molar-refractivity contribution in [3.63, 3.8) is 0 Å². The molecule has 1 heterocycles. The molecule has 0 aromatic carbocycles. The monoisotopic (exact) mass is 112 g/mol. The Bertz CT molecular complexity index is 155. The predicted octanol–water partition coefficient (Wildman–Crippen LogP) is -0.294. The number of cyclic esters (lactones) is 2. The van der Waals surface area contributed by atoms with Gasteiger partial charge >= 0.3 is 11.9 Å². The normalized spacial score (nSPS) is 41.5. The van der Waals surface area contributed by atoms with Crippen LogP contribution in [0.5, 0.6) is 0 Å². The van der Waals surface area contributed by atoms with Gasteiger partial charge in [0.25, 0.3) is 0 Å². The summed E-state index contributed by atoms with van der Waals surface area (Å²) in [5, 5.41) is 0. The first-order valence-corrected chi connectivity index (χ1v) is 2.54. The third-order valence-electron chi connectivity index (χ3n) is 1.60. The molecular weight excluding hydrogens is 108 g/mol. The van der Waals surface area contributed by atoms with E-state index in [9.17, 15) is 9.59 Å². The highest BCUT2D eigenvalue weighted by atomic mass is 16.6. The fourth-order valence-corrected chi connectivity index (χ4v) is 0.967. The van der Waals surface area contributed by atoms with Gasteiger partial charge in [0.1, 0.15) is 0 Å². The molecule has 1 saturated carbocycles. The number of carbonyl (C=O) groups excluding carboxylic acids is 2. The van der Waals surface area contributed by atoms with E-state index in [1.807, 2.05) is 0 Å². The summed E-state index contributed by atoms with van der Waals surface area (Å²) in [6.07, 6.45) is 0.734. The van der Waals surface area contributed by atoms with Crippen LogP contribution in [0.1, 0.15) is 6.42 Å². The van der Waals surface area contributed by atoms with E-state index in [-0.39, 0.29) is 23.8 Å². The van der Waals surface area contributed by atoms with Crippen LogP contribution in [-0.2, 0) is 14.3 Å². The number of hydrogen-bond donors (Lipinski definition) is 0. The molecule has 0 N–H and O–H groups in total. The van der Waals surface area contributed by atoms with Crippen molar-refractivity contribution in [2.45, 2.75) is 6.42 Å². The zero-order chi connectivity index (χ0) is 5.72. The summed E-state index contributed by atoms with van der Waals surface area (Å²) in [6.45, 7) is 0. The van der Waals surface area contributed by atoms with E-state index in [2.05, 4.69) is 4.74 Å². The maximum atomic E-state index is 10.4.